The molecule has 2 aromatic rings. The molecular formula is C13H14N2O5S. The van der Waals surface area contributed by atoms with Gasteiger partial charge in [0.1, 0.15) is 5.76 Å². The Bertz CT molecular complexity index is 734. The molecule has 0 radical (unpaired) electrons. The predicted octanol–water partition coefficient (Wildman–Crippen LogP) is 1.50. The Morgan fingerprint density at radius 2 is 2.00 bits per heavy atom. The summed E-state index contributed by atoms with van der Waals surface area (Å²) in [7, 11) is -2.44. The normalized spacial score (nSPS) is 11.1. The van der Waals surface area contributed by atoms with Gasteiger partial charge in [-0.15, -0.1) is 0 Å². The molecule has 112 valence electrons. The number of rotatable bonds is 5. The minimum atomic E-state index is -3.74. The lowest BCUT2D eigenvalue weighted by Crippen LogP contribution is -2.13. The minimum absolute atomic E-state index is 0.0665. The molecule has 1 heterocycles. The zero-order valence-electron chi connectivity index (χ0n) is 11.5. The van der Waals surface area contributed by atoms with E-state index in [-0.39, 0.29) is 23.1 Å². The highest BCUT2D eigenvalue weighted by Gasteiger charge is 2.16. The molecule has 1 N–H and O–H groups in total. The van der Waals surface area contributed by atoms with Crippen LogP contribution in [0.3, 0.4) is 0 Å². The summed E-state index contributed by atoms with van der Waals surface area (Å²) in [4.78, 5) is 11.2. The molecule has 7 nitrogen and oxygen atoms in total. The quantitative estimate of drug-likeness (QED) is 0.840. The van der Waals surface area contributed by atoms with Crippen LogP contribution in [0, 0.1) is 6.92 Å². The van der Waals surface area contributed by atoms with Crippen LogP contribution in [0.4, 0.5) is 5.82 Å². The van der Waals surface area contributed by atoms with Gasteiger partial charge in [-0.2, -0.15) is 0 Å². The van der Waals surface area contributed by atoms with Crippen LogP contribution in [0.5, 0.6) is 0 Å². The van der Waals surface area contributed by atoms with E-state index in [0.717, 1.165) is 0 Å². The average Bonchev–Trinajstić information content (AvgIpc) is 2.83. The molecule has 0 atom stereocenters. The van der Waals surface area contributed by atoms with Crippen LogP contribution in [-0.4, -0.2) is 26.7 Å². The third-order valence-corrected chi connectivity index (χ3v) is 4.05. The molecule has 0 bridgehead atoms. The van der Waals surface area contributed by atoms with Crippen molar-refractivity contribution in [3.63, 3.8) is 0 Å². The van der Waals surface area contributed by atoms with Crippen molar-refractivity contribution in [1.82, 2.24) is 5.16 Å². The van der Waals surface area contributed by atoms with Crippen LogP contribution in [-0.2, 0) is 26.0 Å². The number of nitrogens with zero attached hydrogens (tertiary/aromatic N) is 1. The maximum Gasteiger partial charge on any atom is 0.309 e. The largest absolute Gasteiger partial charge is 0.469 e. The van der Waals surface area contributed by atoms with Crippen molar-refractivity contribution in [2.75, 3.05) is 11.8 Å². The Labute approximate surface area is 121 Å². The summed E-state index contributed by atoms with van der Waals surface area (Å²) >= 11 is 0. The van der Waals surface area contributed by atoms with E-state index in [1.165, 1.54) is 25.3 Å². The van der Waals surface area contributed by atoms with Gasteiger partial charge >= 0.3 is 5.97 Å². The number of benzene rings is 1. The Morgan fingerprint density at radius 1 is 1.33 bits per heavy atom. The number of anilines is 1. The van der Waals surface area contributed by atoms with Gasteiger partial charge in [-0.1, -0.05) is 17.3 Å². The number of sulfonamides is 1. The number of esters is 1. The van der Waals surface area contributed by atoms with E-state index in [9.17, 15) is 13.2 Å². The molecule has 0 saturated carbocycles. The lowest BCUT2D eigenvalue weighted by atomic mass is 10.2. The highest BCUT2D eigenvalue weighted by molar-refractivity contribution is 7.92. The van der Waals surface area contributed by atoms with E-state index >= 15 is 0 Å². The van der Waals surface area contributed by atoms with Crippen molar-refractivity contribution < 1.29 is 22.5 Å². The smallest absolute Gasteiger partial charge is 0.309 e. The SMILES string of the molecule is COC(=O)Cc1ccc(S(=O)(=O)Nc2cc(C)on2)cc1. The summed E-state index contributed by atoms with van der Waals surface area (Å²) in [5.74, 6) is 0.231. The lowest BCUT2D eigenvalue weighted by molar-refractivity contribution is -0.139. The van der Waals surface area contributed by atoms with Crippen molar-refractivity contribution in [3.8, 4) is 0 Å². The number of nitrogens with one attached hydrogen (secondary N) is 1. The van der Waals surface area contributed by atoms with Crippen LogP contribution < -0.4 is 4.72 Å². The zero-order valence-corrected chi connectivity index (χ0v) is 12.3. The Balaban J connectivity index is 2.15. The van der Waals surface area contributed by atoms with Gasteiger partial charge < -0.3 is 9.26 Å². The van der Waals surface area contributed by atoms with Gasteiger partial charge in [0.25, 0.3) is 10.0 Å². The number of hydrogen-bond donors (Lipinski definition) is 1. The molecule has 0 aliphatic carbocycles. The van der Waals surface area contributed by atoms with Crippen LogP contribution in [0.25, 0.3) is 0 Å². The third-order valence-electron chi connectivity index (χ3n) is 2.68. The molecule has 8 heteroatoms. The molecule has 0 aliphatic heterocycles. The molecule has 0 unspecified atom stereocenters. The van der Waals surface area contributed by atoms with Crippen molar-refractivity contribution >= 4 is 21.8 Å². The molecule has 0 amide bonds. The fourth-order valence-corrected chi connectivity index (χ4v) is 2.62. The van der Waals surface area contributed by atoms with Gasteiger partial charge in [-0.3, -0.25) is 9.52 Å². The molecule has 21 heavy (non-hydrogen) atoms. The monoisotopic (exact) mass is 310 g/mol. The van der Waals surface area contributed by atoms with Crippen LogP contribution >= 0.6 is 0 Å². The van der Waals surface area contributed by atoms with Gasteiger partial charge in [0.05, 0.1) is 18.4 Å². The average molecular weight is 310 g/mol. The van der Waals surface area contributed by atoms with E-state index in [0.29, 0.717) is 11.3 Å². The van der Waals surface area contributed by atoms with Crippen molar-refractivity contribution in [3.05, 3.63) is 41.7 Å². The molecule has 1 aromatic carbocycles. The molecule has 0 aliphatic rings. The Kier molecular flexibility index (Phi) is 4.27. The standard InChI is InChI=1S/C13H14N2O5S/c1-9-7-12(14-20-9)15-21(17,18)11-5-3-10(4-6-11)8-13(16)19-2/h3-7H,8H2,1-2H3,(H,14,15). The molecule has 2 rings (SSSR count). The van der Waals surface area contributed by atoms with Gasteiger partial charge in [0, 0.05) is 6.07 Å². The number of methoxy groups -OCH3 is 1. The van der Waals surface area contributed by atoms with Crippen LogP contribution in [0.15, 0.2) is 39.8 Å². The Morgan fingerprint density at radius 3 is 2.52 bits per heavy atom. The summed E-state index contributed by atoms with van der Waals surface area (Å²) in [5, 5.41) is 3.57. The van der Waals surface area contributed by atoms with Gasteiger partial charge in [0.2, 0.25) is 0 Å². The number of carbonyl (C=O) groups is 1. The first-order chi connectivity index (χ1) is 9.90. The number of aryl methyl sites for hydroxylation is 1. The van der Waals surface area contributed by atoms with E-state index in [2.05, 4.69) is 14.6 Å². The minimum Gasteiger partial charge on any atom is -0.469 e. The van der Waals surface area contributed by atoms with Gasteiger partial charge in [-0.05, 0) is 24.6 Å². The van der Waals surface area contributed by atoms with Crippen LogP contribution in [0.1, 0.15) is 11.3 Å². The Hall–Kier alpha value is -2.35. The van der Waals surface area contributed by atoms with E-state index in [4.69, 9.17) is 4.52 Å². The summed E-state index contributed by atoms with van der Waals surface area (Å²) in [6.45, 7) is 1.66. The van der Waals surface area contributed by atoms with Crippen LogP contribution in [0.2, 0.25) is 0 Å². The second kappa shape index (κ2) is 5.96. The topological polar surface area (TPSA) is 98.5 Å². The van der Waals surface area contributed by atoms with Gasteiger partial charge in [0.15, 0.2) is 5.82 Å². The summed E-state index contributed by atoms with van der Waals surface area (Å²) in [6.07, 6.45) is 0.0900. The zero-order chi connectivity index (χ0) is 15.5. The van der Waals surface area contributed by atoms with E-state index < -0.39 is 10.0 Å². The maximum atomic E-state index is 12.1. The highest BCUT2D eigenvalue weighted by atomic mass is 32.2. The molecule has 0 fully saturated rings. The highest BCUT2D eigenvalue weighted by Crippen LogP contribution is 2.16. The predicted molar refractivity (Wildman–Crippen MR) is 74.2 cm³/mol. The first-order valence-electron chi connectivity index (χ1n) is 6.02. The second-order valence-corrected chi connectivity index (χ2v) is 6.01. The van der Waals surface area contributed by atoms with Gasteiger partial charge in [-0.25, -0.2) is 8.42 Å². The summed E-state index contributed by atoms with van der Waals surface area (Å²) in [5.41, 5.74) is 0.665. The number of hydrogen-bond acceptors (Lipinski definition) is 6. The second-order valence-electron chi connectivity index (χ2n) is 4.33. The summed E-state index contributed by atoms with van der Waals surface area (Å²) in [6, 6.07) is 7.41. The molecule has 1 aromatic heterocycles. The fourth-order valence-electron chi connectivity index (χ4n) is 1.64. The number of ether oxygens (including phenoxy) is 1. The molecule has 0 saturated heterocycles. The van der Waals surface area contributed by atoms with Crippen molar-refractivity contribution in [1.29, 1.82) is 0 Å². The first kappa shape index (κ1) is 15.0. The molecular weight excluding hydrogens is 296 g/mol. The van der Waals surface area contributed by atoms with Crippen molar-refractivity contribution in [2.24, 2.45) is 0 Å². The summed E-state index contributed by atoms with van der Waals surface area (Å²) < 4.78 is 35.9. The number of carbonyl (C=O) groups excluding carboxylic acids is 1. The fraction of sp³-hybridized carbons (Fsp3) is 0.231. The maximum absolute atomic E-state index is 12.1. The number of aromatic nitrogens is 1. The first-order valence-corrected chi connectivity index (χ1v) is 7.51. The van der Waals surface area contributed by atoms with E-state index in [1.807, 2.05) is 0 Å². The lowest BCUT2D eigenvalue weighted by Gasteiger charge is -2.06. The van der Waals surface area contributed by atoms with Crippen molar-refractivity contribution in [2.45, 2.75) is 18.2 Å². The molecule has 0 spiro atoms. The van der Waals surface area contributed by atoms with E-state index in [1.54, 1.807) is 19.1 Å². The third kappa shape index (κ3) is 3.82.